The van der Waals surface area contributed by atoms with Crippen molar-refractivity contribution < 1.29 is 14.6 Å². The van der Waals surface area contributed by atoms with Gasteiger partial charge in [0.05, 0.1) is 12.2 Å². The topological polar surface area (TPSA) is 74.7 Å². The third-order valence-electron chi connectivity index (χ3n) is 5.40. The van der Waals surface area contributed by atoms with Gasteiger partial charge in [-0.15, -0.1) is 11.3 Å². The van der Waals surface area contributed by atoms with Crippen LogP contribution in [0.2, 0.25) is 0 Å². The van der Waals surface area contributed by atoms with Gasteiger partial charge in [-0.1, -0.05) is 6.07 Å². The lowest BCUT2D eigenvalue weighted by Crippen LogP contribution is -2.45. The number of hydrogen-bond donors (Lipinski definition) is 2. The Hall–Kier alpha value is -1.96. The second-order valence-electron chi connectivity index (χ2n) is 6.88. The Bertz CT molecular complexity index is 812. The van der Waals surface area contributed by atoms with Crippen LogP contribution in [0.25, 0.3) is 0 Å². The van der Waals surface area contributed by atoms with Crippen LogP contribution in [-0.2, 0) is 23.3 Å². The van der Waals surface area contributed by atoms with Crippen LogP contribution in [0.3, 0.4) is 0 Å². The van der Waals surface area contributed by atoms with E-state index in [2.05, 4.69) is 21.3 Å². The quantitative estimate of drug-likeness (QED) is 0.858. The maximum Gasteiger partial charge on any atom is 0.345 e. The van der Waals surface area contributed by atoms with Gasteiger partial charge in [-0.2, -0.15) is 0 Å². The van der Waals surface area contributed by atoms with Gasteiger partial charge in [0.25, 0.3) is 0 Å². The van der Waals surface area contributed by atoms with E-state index in [9.17, 15) is 9.90 Å². The Morgan fingerprint density at radius 2 is 2.27 bits per heavy atom. The first-order chi connectivity index (χ1) is 12.6. The van der Waals surface area contributed by atoms with Crippen LogP contribution in [0.1, 0.15) is 38.5 Å². The highest BCUT2D eigenvalue weighted by Gasteiger charge is 2.42. The molecule has 1 saturated heterocycles. The Morgan fingerprint density at radius 1 is 1.46 bits per heavy atom. The highest BCUT2D eigenvalue weighted by Crippen LogP contribution is 2.44. The van der Waals surface area contributed by atoms with E-state index in [1.807, 2.05) is 19.2 Å². The number of anilines is 1. The van der Waals surface area contributed by atoms with E-state index in [4.69, 9.17) is 4.74 Å². The van der Waals surface area contributed by atoms with E-state index in [0.717, 1.165) is 50.3 Å². The average Bonchev–Trinajstić information content (AvgIpc) is 3.11. The fraction of sp³-hybridized carbons (Fsp3) is 0.474. The van der Waals surface area contributed by atoms with Crippen LogP contribution in [0.5, 0.6) is 0 Å². The van der Waals surface area contributed by atoms with E-state index in [-0.39, 0.29) is 5.60 Å². The van der Waals surface area contributed by atoms with E-state index >= 15 is 0 Å². The van der Waals surface area contributed by atoms with Gasteiger partial charge in [-0.3, -0.25) is 4.90 Å². The van der Waals surface area contributed by atoms with Gasteiger partial charge in [-0.25, -0.2) is 9.78 Å². The number of carboxylic acid groups (broad SMARTS) is 1. The maximum atomic E-state index is 11.4. The van der Waals surface area contributed by atoms with Crippen molar-refractivity contribution in [3.05, 3.63) is 45.3 Å². The number of piperidine rings is 1. The van der Waals surface area contributed by atoms with Crippen molar-refractivity contribution in [1.82, 2.24) is 9.88 Å². The second-order valence-corrected chi connectivity index (χ2v) is 8.02. The normalized spacial score (nSPS) is 19.3. The molecule has 0 unspecified atom stereocenters. The Morgan fingerprint density at radius 3 is 3.00 bits per heavy atom. The molecule has 2 aliphatic heterocycles. The Labute approximate surface area is 156 Å². The van der Waals surface area contributed by atoms with Crippen LogP contribution in [0.15, 0.2) is 24.4 Å². The fourth-order valence-corrected chi connectivity index (χ4v) is 5.11. The summed E-state index contributed by atoms with van der Waals surface area (Å²) in [7, 11) is 1.89. The summed E-state index contributed by atoms with van der Waals surface area (Å²) >= 11 is 1.41. The number of carbonyl (C=O) groups is 1. The molecule has 2 aromatic rings. The molecule has 0 atom stereocenters. The highest BCUT2D eigenvalue weighted by atomic mass is 32.1. The first kappa shape index (κ1) is 17.5. The highest BCUT2D eigenvalue weighted by molar-refractivity contribution is 7.14. The molecule has 26 heavy (non-hydrogen) atoms. The number of pyridine rings is 1. The number of ether oxygens (including phenoxy) is 1. The third kappa shape index (κ3) is 3.11. The number of nitrogens with zero attached hydrogens (tertiary/aromatic N) is 2. The van der Waals surface area contributed by atoms with Crippen molar-refractivity contribution in [3.8, 4) is 0 Å². The standard InChI is InChI=1S/C19H23N3O3S/c1-20-17-13(3-2-7-21-17)12-22-8-5-19(6-9-22)14-11-16(18(23)24)26-15(14)4-10-25-19/h2-3,7,11H,4-6,8-10,12H2,1H3,(H,20,21)(H,23,24). The minimum atomic E-state index is -0.840. The molecule has 0 aliphatic carbocycles. The number of thiophene rings is 1. The number of fused-ring (bicyclic) bond motifs is 2. The molecule has 2 aliphatic rings. The van der Waals surface area contributed by atoms with E-state index in [1.165, 1.54) is 21.8 Å². The maximum absolute atomic E-state index is 11.4. The summed E-state index contributed by atoms with van der Waals surface area (Å²) in [6.45, 7) is 3.39. The SMILES string of the molecule is CNc1ncccc1CN1CCC2(CC1)OCCc1sc(C(=O)O)cc12. The summed E-state index contributed by atoms with van der Waals surface area (Å²) in [4.78, 5) is 19.8. The van der Waals surface area contributed by atoms with Crippen molar-refractivity contribution in [2.24, 2.45) is 0 Å². The molecule has 2 aromatic heterocycles. The summed E-state index contributed by atoms with van der Waals surface area (Å²) in [5.41, 5.74) is 2.00. The largest absolute Gasteiger partial charge is 0.477 e. The van der Waals surface area contributed by atoms with Crippen LogP contribution in [0.4, 0.5) is 5.82 Å². The summed E-state index contributed by atoms with van der Waals surface area (Å²) in [5.74, 6) is 0.0843. The lowest BCUT2D eigenvalue weighted by atomic mass is 9.82. The summed E-state index contributed by atoms with van der Waals surface area (Å²) in [6.07, 6.45) is 4.41. The molecule has 1 spiro atoms. The fourth-order valence-electron chi connectivity index (χ4n) is 4.04. The Balaban J connectivity index is 1.49. The van der Waals surface area contributed by atoms with Gasteiger partial charge in [0.15, 0.2) is 0 Å². The van der Waals surface area contributed by atoms with E-state index in [1.54, 1.807) is 6.20 Å². The molecule has 1 fully saturated rings. The van der Waals surface area contributed by atoms with Crippen LogP contribution in [0, 0.1) is 0 Å². The van der Waals surface area contributed by atoms with Crippen LogP contribution in [-0.4, -0.2) is 47.7 Å². The second kappa shape index (κ2) is 6.98. The molecule has 4 rings (SSSR count). The molecule has 4 heterocycles. The molecule has 0 radical (unpaired) electrons. The zero-order valence-corrected chi connectivity index (χ0v) is 15.6. The number of hydrogen-bond acceptors (Lipinski definition) is 6. The number of aromatic carboxylic acids is 1. The van der Waals surface area contributed by atoms with Gasteiger partial charge in [-0.05, 0) is 30.5 Å². The van der Waals surface area contributed by atoms with Gasteiger partial charge < -0.3 is 15.2 Å². The number of aromatic nitrogens is 1. The first-order valence-corrected chi connectivity index (χ1v) is 9.77. The molecule has 0 aromatic carbocycles. The smallest absolute Gasteiger partial charge is 0.345 e. The predicted octanol–water partition coefficient (Wildman–Crippen LogP) is 2.95. The molecule has 2 N–H and O–H groups in total. The molecular formula is C19H23N3O3S. The lowest BCUT2D eigenvalue weighted by Gasteiger charge is -2.44. The van der Waals surface area contributed by atoms with Crippen LogP contribution >= 0.6 is 11.3 Å². The molecular weight excluding hydrogens is 350 g/mol. The first-order valence-electron chi connectivity index (χ1n) is 8.96. The van der Waals surface area contributed by atoms with Gasteiger partial charge in [0.2, 0.25) is 0 Å². The number of likely N-dealkylation sites (tertiary alicyclic amines) is 1. The number of nitrogens with one attached hydrogen (secondary N) is 1. The van der Waals surface area contributed by atoms with Crippen molar-refractivity contribution in [2.45, 2.75) is 31.4 Å². The molecule has 0 bridgehead atoms. The van der Waals surface area contributed by atoms with Crippen molar-refractivity contribution in [3.63, 3.8) is 0 Å². The molecule has 7 heteroatoms. The van der Waals surface area contributed by atoms with E-state index in [0.29, 0.717) is 11.5 Å². The molecule has 0 amide bonds. The van der Waals surface area contributed by atoms with Gasteiger partial charge >= 0.3 is 5.97 Å². The summed E-state index contributed by atoms with van der Waals surface area (Å²) < 4.78 is 6.23. The van der Waals surface area contributed by atoms with Gasteiger partial charge in [0, 0.05) is 49.7 Å². The van der Waals surface area contributed by atoms with E-state index < -0.39 is 5.97 Å². The summed E-state index contributed by atoms with van der Waals surface area (Å²) in [5, 5.41) is 12.5. The zero-order chi connectivity index (χ0) is 18.1. The molecule has 138 valence electrons. The third-order valence-corrected chi connectivity index (χ3v) is 6.59. The molecule has 0 saturated carbocycles. The monoisotopic (exact) mass is 373 g/mol. The zero-order valence-electron chi connectivity index (χ0n) is 14.8. The van der Waals surface area contributed by atoms with Gasteiger partial charge in [0.1, 0.15) is 10.7 Å². The minimum Gasteiger partial charge on any atom is -0.477 e. The lowest BCUT2D eigenvalue weighted by molar-refractivity contribution is -0.0980. The average molecular weight is 373 g/mol. The number of rotatable bonds is 4. The van der Waals surface area contributed by atoms with Crippen molar-refractivity contribution >= 4 is 23.1 Å². The number of carboxylic acids is 1. The Kier molecular flexibility index (Phi) is 4.69. The molecule has 6 nitrogen and oxygen atoms in total. The van der Waals surface area contributed by atoms with Crippen molar-refractivity contribution in [2.75, 3.05) is 32.1 Å². The van der Waals surface area contributed by atoms with Crippen LogP contribution < -0.4 is 5.32 Å². The predicted molar refractivity (Wildman–Crippen MR) is 101 cm³/mol. The minimum absolute atomic E-state index is 0.310. The summed E-state index contributed by atoms with van der Waals surface area (Å²) in [6, 6.07) is 5.92. The van der Waals surface area contributed by atoms with Crippen molar-refractivity contribution in [1.29, 1.82) is 0 Å².